The average Bonchev–Trinajstić information content (AvgIpc) is 3.64. The smallest absolute Gasteiger partial charge is 0.0165 e. The highest BCUT2D eigenvalue weighted by Crippen LogP contribution is 2.56. The van der Waals surface area contributed by atoms with Crippen molar-refractivity contribution in [1.29, 1.82) is 0 Å². The van der Waals surface area contributed by atoms with Gasteiger partial charge in [-0.25, -0.2) is 0 Å². The van der Waals surface area contributed by atoms with Gasteiger partial charge < -0.3 is 0 Å². The van der Waals surface area contributed by atoms with Crippen molar-refractivity contribution in [2.75, 3.05) is 0 Å². The van der Waals surface area contributed by atoms with Crippen LogP contribution in [0.4, 0.5) is 0 Å². The first-order chi connectivity index (χ1) is 28.3. The second-order valence-electron chi connectivity index (χ2n) is 17.6. The minimum Gasteiger partial charge on any atom is -0.0619 e. The Bertz CT molecular complexity index is 3330. The van der Waals surface area contributed by atoms with Crippen LogP contribution in [-0.2, 0) is 10.8 Å². The van der Waals surface area contributed by atoms with Gasteiger partial charge in [-0.15, -0.1) is 0 Å². The summed E-state index contributed by atoms with van der Waals surface area (Å²) in [6.07, 6.45) is 0. The Hall–Kier alpha value is -6.76. The third-order valence-corrected chi connectivity index (χ3v) is 13.8. The lowest BCUT2D eigenvalue weighted by atomic mass is 9.79. The summed E-state index contributed by atoms with van der Waals surface area (Å²) in [7, 11) is 0. The first kappa shape index (κ1) is 33.4. The monoisotopic (exact) mass is 738 g/mol. The molecule has 2 aliphatic carbocycles. The van der Waals surface area contributed by atoms with E-state index in [0.29, 0.717) is 0 Å². The lowest BCUT2D eigenvalue weighted by Crippen LogP contribution is -2.15. The molecule has 0 unspecified atom stereocenters. The Balaban J connectivity index is 1.07. The highest BCUT2D eigenvalue weighted by atomic mass is 14.4. The van der Waals surface area contributed by atoms with Crippen LogP contribution in [0.5, 0.6) is 0 Å². The van der Waals surface area contributed by atoms with E-state index < -0.39 is 0 Å². The molecule has 58 heavy (non-hydrogen) atoms. The summed E-state index contributed by atoms with van der Waals surface area (Å²) in [4.78, 5) is 0. The van der Waals surface area contributed by atoms with E-state index in [-0.39, 0.29) is 10.8 Å². The van der Waals surface area contributed by atoms with Gasteiger partial charge in [0.1, 0.15) is 0 Å². The maximum atomic E-state index is 2.53. The Morgan fingerprint density at radius 1 is 0.276 bits per heavy atom. The van der Waals surface area contributed by atoms with E-state index in [1.807, 2.05) is 0 Å². The van der Waals surface area contributed by atoms with Gasteiger partial charge in [0.25, 0.3) is 0 Å². The van der Waals surface area contributed by atoms with Crippen LogP contribution in [-0.4, -0.2) is 0 Å². The number of rotatable bonds is 3. The van der Waals surface area contributed by atoms with E-state index in [1.165, 1.54) is 121 Å². The largest absolute Gasteiger partial charge is 0.0619 e. The van der Waals surface area contributed by atoms with Gasteiger partial charge in [-0.2, -0.15) is 0 Å². The van der Waals surface area contributed by atoms with Gasteiger partial charge in [0.15, 0.2) is 0 Å². The second kappa shape index (κ2) is 11.9. The van der Waals surface area contributed by atoms with E-state index in [2.05, 4.69) is 210 Å². The highest BCUT2D eigenvalue weighted by molar-refractivity contribution is 6.24. The minimum absolute atomic E-state index is 0.0740. The lowest BCUT2D eigenvalue weighted by Gasteiger charge is -2.24. The van der Waals surface area contributed by atoms with E-state index in [4.69, 9.17) is 0 Å². The molecule has 0 atom stereocenters. The molecule has 0 fully saturated rings. The Kier molecular flexibility index (Phi) is 6.84. The zero-order valence-corrected chi connectivity index (χ0v) is 33.3. The van der Waals surface area contributed by atoms with Crippen LogP contribution in [0.25, 0.3) is 98.7 Å². The topological polar surface area (TPSA) is 0 Å². The minimum atomic E-state index is -0.111. The number of fused-ring (bicyclic) bond motifs is 12. The second-order valence-corrected chi connectivity index (χ2v) is 17.6. The van der Waals surface area contributed by atoms with E-state index >= 15 is 0 Å². The summed E-state index contributed by atoms with van der Waals surface area (Å²) < 4.78 is 0. The molecule has 12 rings (SSSR count). The predicted molar refractivity (Wildman–Crippen MR) is 248 cm³/mol. The van der Waals surface area contributed by atoms with Crippen LogP contribution in [0.3, 0.4) is 0 Å². The van der Waals surface area contributed by atoms with Crippen molar-refractivity contribution < 1.29 is 0 Å². The summed E-state index contributed by atoms with van der Waals surface area (Å²) in [5.74, 6) is 0. The molecule has 0 saturated carbocycles. The van der Waals surface area contributed by atoms with Crippen LogP contribution >= 0.6 is 0 Å². The van der Waals surface area contributed by atoms with Crippen LogP contribution in [0, 0.1) is 0 Å². The molecule has 0 nitrogen and oxygen atoms in total. The van der Waals surface area contributed by atoms with Crippen LogP contribution in [0.1, 0.15) is 49.9 Å². The predicted octanol–water partition coefficient (Wildman–Crippen LogP) is 15.9. The van der Waals surface area contributed by atoms with Crippen molar-refractivity contribution in [2.24, 2.45) is 0 Å². The number of hydrogen-bond acceptors (Lipinski definition) is 0. The van der Waals surface area contributed by atoms with Crippen LogP contribution in [0.15, 0.2) is 182 Å². The van der Waals surface area contributed by atoms with Gasteiger partial charge in [-0.1, -0.05) is 191 Å². The molecule has 0 amide bonds. The van der Waals surface area contributed by atoms with Crippen molar-refractivity contribution >= 4 is 43.1 Å². The number of benzene rings is 10. The Morgan fingerprint density at radius 3 is 1.55 bits per heavy atom. The van der Waals surface area contributed by atoms with E-state index in [0.717, 1.165) is 0 Å². The van der Waals surface area contributed by atoms with E-state index in [9.17, 15) is 0 Å². The van der Waals surface area contributed by atoms with Crippen LogP contribution in [0.2, 0.25) is 0 Å². The molecule has 0 heterocycles. The summed E-state index contributed by atoms with van der Waals surface area (Å²) >= 11 is 0. The Morgan fingerprint density at radius 2 is 0.828 bits per heavy atom. The maximum absolute atomic E-state index is 2.53. The van der Waals surface area contributed by atoms with E-state index in [1.54, 1.807) is 0 Å². The molecule has 0 aromatic heterocycles. The molecule has 274 valence electrons. The molecule has 10 aromatic carbocycles. The van der Waals surface area contributed by atoms with Gasteiger partial charge in [0.2, 0.25) is 0 Å². The lowest BCUT2D eigenvalue weighted by molar-refractivity contribution is 0.661. The van der Waals surface area contributed by atoms with Crippen molar-refractivity contribution in [3.05, 3.63) is 204 Å². The molecule has 0 heteroatoms. The van der Waals surface area contributed by atoms with Crippen LogP contribution < -0.4 is 0 Å². The molecule has 0 bridgehead atoms. The van der Waals surface area contributed by atoms with Crippen molar-refractivity contribution in [1.82, 2.24) is 0 Å². The zero-order valence-electron chi connectivity index (χ0n) is 33.3. The summed E-state index contributed by atoms with van der Waals surface area (Å²) in [6, 6.07) is 68.7. The fraction of sp³-hybridized carbons (Fsp3) is 0.103. The SMILES string of the molecule is CC1(C)c2ccccc2-c2c1cc(-c1c3ccccc3c(-c3cccc(-c4ccc5c(c4)-c4ccc6ccccc6c4C5(C)C)c3)c3ccccc13)c1ccccc21. The first-order valence-electron chi connectivity index (χ1n) is 20.7. The van der Waals surface area contributed by atoms with Gasteiger partial charge >= 0.3 is 0 Å². The molecule has 10 aromatic rings. The van der Waals surface area contributed by atoms with Crippen molar-refractivity contribution in [3.63, 3.8) is 0 Å². The van der Waals surface area contributed by atoms with Crippen molar-refractivity contribution in [2.45, 2.75) is 38.5 Å². The molecule has 0 aliphatic heterocycles. The first-order valence-corrected chi connectivity index (χ1v) is 20.7. The highest BCUT2D eigenvalue weighted by Gasteiger charge is 2.38. The van der Waals surface area contributed by atoms with Gasteiger partial charge in [0.05, 0.1) is 0 Å². The van der Waals surface area contributed by atoms with Gasteiger partial charge in [0, 0.05) is 10.8 Å². The maximum Gasteiger partial charge on any atom is 0.0165 e. The number of hydrogen-bond donors (Lipinski definition) is 0. The fourth-order valence-electron chi connectivity index (χ4n) is 11.1. The third kappa shape index (κ3) is 4.46. The fourth-order valence-corrected chi connectivity index (χ4v) is 11.1. The Labute approximate surface area is 340 Å². The summed E-state index contributed by atoms with van der Waals surface area (Å²) in [5.41, 5.74) is 18.5. The molecule has 0 N–H and O–H groups in total. The van der Waals surface area contributed by atoms with Crippen molar-refractivity contribution in [3.8, 4) is 55.6 Å². The van der Waals surface area contributed by atoms with Gasteiger partial charge in [-0.05, 0) is 139 Å². The molecular formula is C58H42. The molecule has 0 saturated heterocycles. The summed E-state index contributed by atoms with van der Waals surface area (Å²) in [6.45, 7) is 9.56. The zero-order chi connectivity index (χ0) is 38.9. The average molecular weight is 739 g/mol. The molecule has 2 aliphatic rings. The normalized spacial score (nSPS) is 14.5. The third-order valence-electron chi connectivity index (χ3n) is 13.8. The molecule has 0 spiro atoms. The van der Waals surface area contributed by atoms with Gasteiger partial charge in [-0.3, -0.25) is 0 Å². The summed E-state index contributed by atoms with van der Waals surface area (Å²) in [5, 5.41) is 10.4. The standard InChI is InChI=1S/C58H42/c1-57(2)50-27-14-13-26-47(50)55-41-21-8-7-20-40(41)49(34-52(55)57)54-44-24-11-9-22-42(44)53(43-23-10-12-25-45(43)54)38-18-15-17-36(32-38)37-29-31-51-48(33-37)46-30-28-35-16-5-6-19-39(35)56(46)58(51,3)4/h5-34H,1-4H3. The molecular weight excluding hydrogens is 697 g/mol. The molecule has 0 radical (unpaired) electrons. The quantitative estimate of drug-likeness (QED) is 0.158.